The second-order valence-electron chi connectivity index (χ2n) is 8.26. The number of nitrogens with zero attached hydrogens (tertiary/aromatic N) is 3. The molecule has 0 unspecified atom stereocenters. The summed E-state index contributed by atoms with van der Waals surface area (Å²) in [4.78, 5) is 21.8. The monoisotopic (exact) mass is 394 g/mol. The van der Waals surface area contributed by atoms with Gasteiger partial charge in [-0.2, -0.15) is 5.26 Å². The fourth-order valence-electron chi connectivity index (χ4n) is 4.02. The Morgan fingerprint density at radius 1 is 0.967 bits per heavy atom. The van der Waals surface area contributed by atoms with E-state index >= 15 is 0 Å². The van der Waals surface area contributed by atoms with E-state index in [4.69, 9.17) is 5.26 Å². The zero-order valence-electron chi connectivity index (χ0n) is 16.6. The molecule has 1 aromatic heterocycles. The summed E-state index contributed by atoms with van der Waals surface area (Å²) in [6, 6.07) is 17.2. The van der Waals surface area contributed by atoms with E-state index in [2.05, 4.69) is 45.6 Å². The van der Waals surface area contributed by atoms with Crippen LogP contribution >= 0.6 is 0 Å². The molecule has 30 heavy (non-hydrogen) atoms. The zero-order chi connectivity index (χ0) is 20.6. The van der Waals surface area contributed by atoms with Crippen LogP contribution in [0.2, 0.25) is 0 Å². The third kappa shape index (κ3) is 3.46. The minimum absolute atomic E-state index is 0.104. The van der Waals surface area contributed by atoms with Crippen molar-refractivity contribution < 1.29 is 4.79 Å². The number of hydrogen-bond acceptors (Lipinski definition) is 4. The molecule has 148 valence electrons. The second kappa shape index (κ2) is 7.38. The first-order valence-corrected chi connectivity index (χ1v) is 10.4. The average molecular weight is 394 g/mol. The summed E-state index contributed by atoms with van der Waals surface area (Å²) in [6.45, 7) is 0. The summed E-state index contributed by atoms with van der Waals surface area (Å²) >= 11 is 0. The van der Waals surface area contributed by atoms with Gasteiger partial charge in [-0.05, 0) is 67.5 Å². The lowest BCUT2D eigenvalue weighted by Gasteiger charge is -2.43. The van der Waals surface area contributed by atoms with Gasteiger partial charge in [0, 0.05) is 29.4 Å². The topological polar surface area (TPSA) is 78.7 Å². The number of amides is 1. The first-order valence-electron chi connectivity index (χ1n) is 10.4. The number of nitriles is 1. The van der Waals surface area contributed by atoms with E-state index in [1.165, 1.54) is 12.8 Å². The maximum atomic E-state index is 12.8. The molecule has 5 nitrogen and oxygen atoms in total. The Morgan fingerprint density at radius 3 is 2.17 bits per heavy atom. The van der Waals surface area contributed by atoms with Gasteiger partial charge in [-0.1, -0.05) is 24.3 Å². The van der Waals surface area contributed by atoms with Crippen molar-refractivity contribution >= 4 is 5.91 Å². The summed E-state index contributed by atoms with van der Waals surface area (Å²) in [7, 11) is 0. The summed E-state index contributed by atoms with van der Waals surface area (Å²) in [5.41, 5.74) is 4.01. The lowest BCUT2D eigenvalue weighted by atomic mass is 9.71. The Balaban J connectivity index is 1.33. The molecule has 0 atom stereocenters. The van der Waals surface area contributed by atoms with Crippen LogP contribution in [0, 0.1) is 11.3 Å². The van der Waals surface area contributed by atoms with Crippen molar-refractivity contribution in [2.45, 2.75) is 43.6 Å². The maximum absolute atomic E-state index is 12.8. The van der Waals surface area contributed by atoms with Gasteiger partial charge in [-0.15, -0.1) is 0 Å². The molecule has 0 radical (unpaired) electrons. The van der Waals surface area contributed by atoms with Gasteiger partial charge in [-0.25, -0.2) is 9.97 Å². The van der Waals surface area contributed by atoms with E-state index in [1.807, 2.05) is 12.4 Å². The number of benzene rings is 2. The Morgan fingerprint density at radius 2 is 1.63 bits per heavy atom. The van der Waals surface area contributed by atoms with E-state index in [1.54, 1.807) is 24.3 Å². The highest BCUT2D eigenvalue weighted by molar-refractivity contribution is 5.95. The first-order chi connectivity index (χ1) is 14.7. The molecule has 0 aliphatic heterocycles. The van der Waals surface area contributed by atoms with Gasteiger partial charge in [-0.3, -0.25) is 4.79 Å². The van der Waals surface area contributed by atoms with Crippen LogP contribution in [0.25, 0.3) is 11.1 Å². The molecule has 2 fully saturated rings. The third-order valence-electron chi connectivity index (χ3n) is 6.22. The van der Waals surface area contributed by atoms with Gasteiger partial charge >= 0.3 is 0 Å². The van der Waals surface area contributed by atoms with Crippen molar-refractivity contribution in [1.29, 1.82) is 5.26 Å². The second-order valence-corrected chi connectivity index (χ2v) is 8.26. The Bertz CT molecular complexity index is 1100. The molecular weight excluding hydrogens is 372 g/mol. The van der Waals surface area contributed by atoms with Gasteiger partial charge in [0.15, 0.2) is 0 Å². The van der Waals surface area contributed by atoms with Crippen LogP contribution in [0.5, 0.6) is 0 Å². The van der Waals surface area contributed by atoms with Crippen LogP contribution in [0.1, 0.15) is 65.3 Å². The van der Waals surface area contributed by atoms with Crippen molar-refractivity contribution in [3.05, 3.63) is 83.4 Å². The van der Waals surface area contributed by atoms with Gasteiger partial charge < -0.3 is 5.32 Å². The number of carbonyl (C=O) groups excluding carboxylic acids is 1. The predicted octanol–water partition coefficient (Wildman–Crippen LogP) is 4.70. The molecule has 5 rings (SSSR count). The molecule has 0 bridgehead atoms. The summed E-state index contributed by atoms with van der Waals surface area (Å²) in [5, 5.41) is 12.2. The molecule has 0 spiro atoms. The predicted molar refractivity (Wildman–Crippen MR) is 114 cm³/mol. The van der Waals surface area contributed by atoms with Gasteiger partial charge in [0.05, 0.1) is 17.2 Å². The summed E-state index contributed by atoms with van der Waals surface area (Å²) in [5.74, 6) is 1.40. The highest BCUT2D eigenvalue weighted by Crippen LogP contribution is 2.42. The van der Waals surface area contributed by atoms with Crippen LogP contribution in [0.4, 0.5) is 0 Å². The molecule has 1 N–H and O–H groups in total. The molecule has 2 aromatic carbocycles. The molecule has 2 aliphatic carbocycles. The summed E-state index contributed by atoms with van der Waals surface area (Å²) < 4.78 is 0. The average Bonchev–Trinajstić information content (AvgIpc) is 3.62. The van der Waals surface area contributed by atoms with Crippen molar-refractivity contribution in [3.8, 4) is 17.2 Å². The lowest BCUT2D eigenvalue weighted by Crippen LogP contribution is -2.50. The van der Waals surface area contributed by atoms with Crippen molar-refractivity contribution in [1.82, 2.24) is 15.3 Å². The van der Waals surface area contributed by atoms with E-state index in [0.29, 0.717) is 17.0 Å². The van der Waals surface area contributed by atoms with E-state index < -0.39 is 0 Å². The smallest absolute Gasteiger partial charge is 0.251 e. The molecule has 1 heterocycles. The number of nitrogens with one attached hydrogen (secondary N) is 1. The van der Waals surface area contributed by atoms with E-state index in [-0.39, 0.29) is 11.4 Å². The van der Waals surface area contributed by atoms with Crippen molar-refractivity contribution in [2.75, 3.05) is 0 Å². The molecule has 0 saturated heterocycles. The van der Waals surface area contributed by atoms with Gasteiger partial charge in [0.1, 0.15) is 5.82 Å². The number of hydrogen-bond donors (Lipinski definition) is 1. The molecule has 2 saturated carbocycles. The van der Waals surface area contributed by atoms with Gasteiger partial charge in [0.25, 0.3) is 5.91 Å². The van der Waals surface area contributed by atoms with E-state index in [9.17, 15) is 4.79 Å². The van der Waals surface area contributed by atoms with Crippen LogP contribution in [-0.2, 0) is 5.54 Å². The summed E-state index contributed by atoms with van der Waals surface area (Å²) in [6.07, 6.45) is 9.14. The highest BCUT2D eigenvalue weighted by atomic mass is 16.1. The fraction of sp³-hybridized carbons (Fsp3) is 0.280. The number of carbonyl (C=O) groups is 1. The zero-order valence-corrected chi connectivity index (χ0v) is 16.6. The quantitative estimate of drug-likeness (QED) is 0.680. The molecule has 5 heteroatoms. The number of aromatic nitrogens is 2. The third-order valence-corrected chi connectivity index (χ3v) is 6.22. The minimum Gasteiger partial charge on any atom is -0.343 e. The highest BCUT2D eigenvalue weighted by Gasteiger charge is 2.40. The Hall–Kier alpha value is -3.52. The Labute approximate surface area is 175 Å². The van der Waals surface area contributed by atoms with Crippen LogP contribution in [0.3, 0.4) is 0 Å². The largest absolute Gasteiger partial charge is 0.343 e. The van der Waals surface area contributed by atoms with Crippen molar-refractivity contribution in [3.63, 3.8) is 0 Å². The molecule has 2 aliphatic rings. The van der Waals surface area contributed by atoms with E-state index in [0.717, 1.165) is 41.8 Å². The van der Waals surface area contributed by atoms with Gasteiger partial charge in [0.2, 0.25) is 0 Å². The SMILES string of the molecule is N#Cc1ccc(C(=O)NC2(c3ccc(-c4cnc(C5CC5)nc4)cc3)CCC2)cc1. The van der Waals surface area contributed by atoms with Crippen LogP contribution < -0.4 is 5.32 Å². The molecule has 1 amide bonds. The Kier molecular flexibility index (Phi) is 4.55. The molecular formula is C25H22N4O. The molecule has 3 aromatic rings. The van der Waals surface area contributed by atoms with Crippen molar-refractivity contribution in [2.24, 2.45) is 0 Å². The van der Waals surface area contributed by atoms with Crippen LogP contribution in [-0.4, -0.2) is 15.9 Å². The normalized spacial score (nSPS) is 16.9. The number of rotatable bonds is 5. The van der Waals surface area contributed by atoms with Crippen LogP contribution in [0.15, 0.2) is 60.9 Å². The minimum atomic E-state index is -0.324. The lowest BCUT2D eigenvalue weighted by molar-refractivity contribution is 0.0823. The first kappa shape index (κ1) is 18.5. The fourth-order valence-corrected chi connectivity index (χ4v) is 4.02. The standard InChI is InChI=1S/C25H22N4O/c26-14-17-2-4-20(5-3-17)24(30)29-25(12-1-13-25)22-10-8-18(9-11-22)21-15-27-23(28-16-21)19-6-7-19/h2-5,8-11,15-16,19H,1,6-7,12-13H2,(H,29,30). The maximum Gasteiger partial charge on any atom is 0.251 e.